The van der Waals surface area contributed by atoms with E-state index in [1.54, 1.807) is 11.3 Å². The minimum absolute atomic E-state index is 0.341. The van der Waals surface area contributed by atoms with Gasteiger partial charge in [-0.1, -0.05) is 19.8 Å². The van der Waals surface area contributed by atoms with Gasteiger partial charge in [0.15, 0.2) is 0 Å². The van der Waals surface area contributed by atoms with Gasteiger partial charge >= 0.3 is 5.97 Å². The Morgan fingerprint density at radius 3 is 2.70 bits per heavy atom. The van der Waals surface area contributed by atoms with Crippen LogP contribution in [0.3, 0.4) is 0 Å². The second-order valence-electron chi connectivity index (χ2n) is 6.30. The lowest BCUT2D eigenvalue weighted by Gasteiger charge is -2.27. The third-order valence-corrected chi connectivity index (χ3v) is 6.22. The van der Waals surface area contributed by atoms with Gasteiger partial charge in [0, 0.05) is 10.8 Å². The van der Waals surface area contributed by atoms with Crippen molar-refractivity contribution in [2.75, 3.05) is 0 Å². The van der Waals surface area contributed by atoms with E-state index >= 15 is 0 Å². The van der Waals surface area contributed by atoms with Crippen molar-refractivity contribution in [2.45, 2.75) is 70.1 Å². The van der Waals surface area contributed by atoms with E-state index in [0.29, 0.717) is 5.92 Å². The number of nitrogens with zero attached hydrogens (tertiary/aromatic N) is 1. The lowest BCUT2D eigenvalue weighted by atomic mass is 9.80. The molecule has 1 fully saturated rings. The highest BCUT2D eigenvalue weighted by molar-refractivity contribution is 7.11. The highest BCUT2D eigenvalue weighted by Crippen LogP contribution is 2.43. The predicted octanol–water partition coefficient (Wildman–Crippen LogP) is 4.33. The third kappa shape index (κ3) is 2.62. The van der Waals surface area contributed by atoms with E-state index < -0.39 is 5.97 Å². The molecule has 3 nitrogen and oxygen atoms in total. The minimum atomic E-state index is -0.702. The third-order valence-electron chi connectivity index (χ3n) is 4.93. The molecule has 3 rings (SSSR count). The van der Waals surface area contributed by atoms with Crippen molar-refractivity contribution in [3.8, 4) is 0 Å². The molecule has 1 heterocycles. The summed E-state index contributed by atoms with van der Waals surface area (Å²) >= 11 is 1.79. The van der Waals surface area contributed by atoms with Gasteiger partial charge in [0.25, 0.3) is 0 Å². The summed E-state index contributed by atoms with van der Waals surface area (Å²) in [5, 5.41) is 10.5. The van der Waals surface area contributed by atoms with E-state index in [2.05, 4.69) is 6.92 Å². The molecule has 0 saturated heterocycles. The molecule has 0 spiro atoms. The fourth-order valence-electron chi connectivity index (χ4n) is 3.77. The van der Waals surface area contributed by atoms with Gasteiger partial charge in [-0.3, -0.25) is 4.79 Å². The summed E-state index contributed by atoms with van der Waals surface area (Å²) in [6.45, 7) is 2.27. The summed E-state index contributed by atoms with van der Waals surface area (Å²) in [6, 6.07) is 0. The normalized spacial score (nSPS) is 29.4. The molecule has 4 heteroatoms. The van der Waals surface area contributed by atoms with Crippen LogP contribution < -0.4 is 0 Å². The van der Waals surface area contributed by atoms with Crippen LogP contribution in [0.4, 0.5) is 0 Å². The zero-order valence-electron chi connectivity index (χ0n) is 12.1. The number of aromatic nitrogens is 1. The molecule has 0 bridgehead atoms. The molecule has 0 aliphatic heterocycles. The zero-order chi connectivity index (χ0) is 14.1. The van der Waals surface area contributed by atoms with Gasteiger partial charge in [-0.2, -0.15) is 0 Å². The molecule has 1 aromatic heterocycles. The van der Waals surface area contributed by atoms with E-state index in [1.807, 2.05) is 0 Å². The lowest BCUT2D eigenvalue weighted by Crippen LogP contribution is -2.14. The Morgan fingerprint density at radius 1 is 1.30 bits per heavy atom. The van der Waals surface area contributed by atoms with E-state index in [9.17, 15) is 9.90 Å². The molecule has 0 radical (unpaired) electrons. The van der Waals surface area contributed by atoms with Gasteiger partial charge < -0.3 is 5.11 Å². The quantitative estimate of drug-likeness (QED) is 0.898. The summed E-state index contributed by atoms with van der Waals surface area (Å²) in [5.74, 6) is 0.460. The van der Waals surface area contributed by atoms with Crippen LogP contribution in [0.2, 0.25) is 0 Å². The average Bonchev–Trinajstić information content (AvgIpc) is 2.99. The predicted molar refractivity (Wildman–Crippen MR) is 80.4 cm³/mol. The van der Waals surface area contributed by atoms with Crippen molar-refractivity contribution >= 4 is 17.3 Å². The SMILES string of the molecule is CCCC1CCC(c2nc3c(s2)CCC3C(=O)O)CC1. The Hall–Kier alpha value is -0.900. The van der Waals surface area contributed by atoms with Gasteiger partial charge in [-0.25, -0.2) is 4.98 Å². The highest BCUT2D eigenvalue weighted by atomic mass is 32.1. The molecule has 1 saturated carbocycles. The van der Waals surface area contributed by atoms with Gasteiger partial charge in [-0.15, -0.1) is 11.3 Å². The summed E-state index contributed by atoms with van der Waals surface area (Å²) in [6.07, 6.45) is 9.45. The molecule has 2 aliphatic carbocycles. The molecular weight excluding hydrogens is 270 g/mol. The Bertz CT molecular complexity index is 489. The van der Waals surface area contributed by atoms with Crippen LogP contribution in [0.25, 0.3) is 0 Å². The first-order valence-corrected chi connectivity index (χ1v) is 8.73. The minimum Gasteiger partial charge on any atom is -0.481 e. The van der Waals surface area contributed by atoms with Gasteiger partial charge in [0.2, 0.25) is 0 Å². The second kappa shape index (κ2) is 5.84. The van der Waals surface area contributed by atoms with Gasteiger partial charge in [-0.05, 0) is 44.4 Å². The average molecular weight is 293 g/mol. The van der Waals surface area contributed by atoms with Crippen molar-refractivity contribution in [1.82, 2.24) is 4.98 Å². The number of aryl methyl sites for hydroxylation is 1. The van der Waals surface area contributed by atoms with E-state index in [-0.39, 0.29) is 5.92 Å². The van der Waals surface area contributed by atoms with Crippen LogP contribution in [0.1, 0.15) is 79.3 Å². The molecule has 1 atom stereocenters. The number of hydrogen-bond donors (Lipinski definition) is 1. The van der Waals surface area contributed by atoms with Crippen LogP contribution >= 0.6 is 11.3 Å². The molecule has 0 aromatic carbocycles. The Morgan fingerprint density at radius 2 is 2.05 bits per heavy atom. The highest BCUT2D eigenvalue weighted by Gasteiger charge is 2.34. The Kier molecular flexibility index (Phi) is 4.11. The van der Waals surface area contributed by atoms with Crippen LogP contribution in [0.15, 0.2) is 0 Å². The number of thiazole rings is 1. The fraction of sp³-hybridized carbons (Fsp3) is 0.750. The molecule has 110 valence electrons. The molecule has 1 unspecified atom stereocenters. The number of hydrogen-bond acceptors (Lipinski definition) is 3. The number of carboxylic acid groups (broad SMARTS) is 1. The van der Waals surface area contributed by atoms with Crippen molar-refractivity contribution < 1.29 is 9.90 Å². The Labute approximate surface area is 124 Å². The summed E-state index contributed by atoms with van der Waals surface area (Å²) in [7, 11) is 0. The summed E-state index contributed by atoms with van der Waals surface area (Å²) in [4.78, 5) is 17.2. The smallest absolute Gasteiger partial charge is 0.312 e. The van der Waals surface area contributed by atoms with Crippen molar-refractivity contribution in [3.63, 3.8) is 0 Å². The lowest BCUT2D eigenvalue weighted by molar-refractivity contribution is -0.138. The van der Waals surface area contributed by atoms with E-state index in [4.69, 9.17) is 4.98 Å². The molecule has 1 aromatic rings. The van der Waals surface area contributed by atoms with Crippen molar-refractivity contribution in [2.24, 2.45) is 5.92 Å². The van der Waals surface area contributed by atoms with Gasteiger partial charge in [0.05, 0.1) is 10.7 Å². The number of carbonyl (C=O) groups is 1. The number of fused-ring (bicyclic) bond motifs is 1. The molecule has 20 heavy (non-hydrogen) atoms. The summed E-state index contributed by atoms with van der Waals surface area (Å²) in [5.41, 5.74) is 0.883. The van der Waals surface area contributed by atoms with Crippen LogP contribution in [0, 0.1) is 5.92 Å². The van der Waals surface area contributed by atoms with E-state index in [1.165, 1.54) is 48.4 Å². The maximum absolute atomic E-state index is 11.2. The first kappa shape index (κ1) is 14.1. The topological polar surface area (TPSA) is 50.2 Å². The fourth-order valence-corrected chi connectivity index (χ4v) is 5.08. The largest absolute Gasteiger partial charge is 0.481 e. The van der Waals surface area contributed by atoms with Crippen LogP contribution in [-0.4, -0.2) is 16.1 Å². The molecular formula is C16H23NO2S. The van der Waals surface area contributed by atoms with Crippen molar-refractivity contribution in [1.29, 1.82) is 0 Å². The monoisotopic (exact) mass is 293 g/mol. The molecule has 1 N–H and O–H groups in total. The Balaban J connectivity index is 1.68. The first-order chi connectivity index (χ1) is 9.69. The van der Waals surface area contributed by atoms with Crippen LogP contribution in [-0.2, 0) is 11.2 Å². The van der Waals surface area contributed by atoms with E-state index in [0.717, 1.165) is 24.5 Å². The second-order valence-corrected chi connectivity index (χ2v) is 7.41. The summed E-state index contributed by atoms with van der Waals surface area (Å²) < 4.78 is 0. The number of carboxylic acids is 1. The van der Waals surface area contributed by atoms with Gasteiger partial charge in [0.1, 0.15) is 5.92 Å². The maximum atomic E-state index is 11.2. The zero-order valence-corrected chi connectivity index (χ0v) is 12.9. The first-order valence-electron chi connectivity index (χ1n) is 7.91. The molecule has 0 amide bonds. The number of rotatable bonds is 4. The van der Waals surface area contributed by atoms with Crippen LogP contribution in [0.5, 0.6) is 0 Å². The van der Waals surface area contributed by atoms with Crippen molar-refractivity contribution in [3.05, 3.63) is 15.6 Å². The standard InChI is InChI=1S/C16H23NO2S/c1-2-3-10-4-6-11(7-5-10)15-17-14-12(16(18)19)8-9-13(14)20-15/h10-12H,2-9H2,1H3,(H,18,19). The maximum Gasteiger partial charge on any atom is 0.312 e. The number of aliphatic carboxylic acids is 1. The molecule has 2 aliphatic rings.